The van der Waals surface area contributed by atoms with Crippen LogP contribution in [0.5, 0.6) is 0 Å². The van der Waals surface area contributed by atoms with E-state index < -0.39 is 36.2 Å². The third kappa shape index (κ3) is 6.63. The summed E-state index contributed by atoms with van der Waals surface area (Å²) >= 11 is 0. The summed E-state index contributed by atoms with van der Waals surface area (Å²) in [5.74, 6) is -3.12. The van der Waals surface area contributed by atoms with Crippen LogP contribution in [0.15, 0.2) is 48.5 Å². The lowest BCUT2D eigenvalue weighted by Gasteiger charge is -2.17. The molecule has 1 heterocycles. The molecule has 0 aromatic heterocycles. The lowest BCUT2D eigenvalue weighted by Crippen LogP contribution is -2.43. The predicted molar refractivity (Wildman–Crippen MR) is 119 cm³/mol. The fourth-order valence-electron chi connectivity index (χ4n) is 3.24. The summed E-state index contributed by atoms with van der Waals surface area (Å²) in [7, 11) is 0. The average molecular weight is 452 g/mol. The molecular formula is C23H24N4O6. The Morgan fingerprint density at radius 2 is 1.70 bits per heavy atom. The molecule has 172 valence electrons. The molecule has 0 bridgehead atoms. The Bertz CT molecular complexity index is 1080. The number of carbonyl (C=O) groups excluding carboxylic acids is 5. The monoisotopic (exact) mass is 452 g/mol. The first kappa shape index (κ1) is 23.5. The standard InChI is InChI=1S/C23H24N4O6/c1-14-4-3-5-16(10-14)22(31)26-27-12-17(11-21(27)30)23(32)33-13-20(29)25-19-8-6-18(7-9-19)24-15(2)28/h3-10,17H,11-13H2,1-2H3,(H,24,28)(H,25,29)(H,26,31)/t17-/m0/s1. The normalized spacial score (nSPS) is 15.0. The van der Waals surface area contributed by atoms with Gasteiger partial charge in [0.05, 0.1) is 12.5 Å². The van der Waals surface area contributed by atoms with Crippen molar-refractivity contribution < 1.29 is 28.7 Å². The van der Waals surface area contributed by atoms with Crippen molar-refractivity contribution in [3.05, 3.63) is 59.7 Å². The van der Waals surface area contributed by atoms with Gasteiger partial charge in [0.15, 0.2) is 6.61 Å². The second-order valence-corrected chi connectivity index (χ2v) is 7.63. The highest BCUT2D eigenvalue weighted by molar-refractivity contribution is 5.97. The summed E-state index contributed by atoms with van der Waals surface area (Å²) in [6.45, 7) is 2.67. The maximum absolute atomic E-state index is 12.3. The molecule has 2 aromatic carbocycles. The van der Waals surface area contributed by atoms with Crippen molar-refractivity contribution in [2.45, 2.75) is 20.3 Å². The van der Waals surface area contributed by atoms with Gasteiger partial charge < -0.3 is 15.4 Å². The van der Waals surface area contributed by atoms with Crippen LogP contribution in [0.4, 0.5) is 11.4 Å². The molecule has 0 spiro atoms. The molecule has 10 nitrogen and oxygen atoms in total. The van der Waals surface area contributed by atoms with Gasteiger partial charge in [0.2, 0.25) is 11.8 Å². The summed E-state index contributed by atoms with van der Waals surface area (Å²) < 4.78 is 5.04. The zero-order valence-corrected chi connectivity index (χ0v) is 18.2. The first-order valence-corrected chi connectivity index (χ1v) is 10.2. The molecule has 3 rings (SSSR count). The van der Waals surface area contributed by atoms with Crippen LogP contribution in [0.2, 0.25) is 0 Å². The van der Waals surface area contributed by atoms with E-state index in [9.17, 15) is 24.0 Å². The summed E-state index contributed by atoms with van der Waals surface area (Å²) in [6, 6.07) is 13.3. The molecule has 3 N–H and O–H groups in total. The van der Waals surface area contributed by atoms with Gasteiger partial charge in [-0.1, -0.05) is 17.7 Å². The number of hydrazine groups is 1. The van der Waals surface area contributed by atoms with E-state index in [-0.39, 0.29) is 18.9 Å². The molecule has 0 unspecified atom stereocenters. The van der Waals surface area contributed by atoms with Gasteiger partial charge in [0.1, 0.15) is 0 Å². The Hall–Kier alpha value is -4.21. The first-order chi connectivity index (χ1) is 15.7. The number of aryl methyl sites for hydroxylation is 1. The van der Waals surface area contributed by atoms with Crippen LogP contribution < -0.4 is 16.1 Å². The molecule has 1 aliphatic rings. The van der Waals surface area contributed by atoms with Crippen LogP contribution >= 0.6 is 0 Å². The molecule has 1 atom stereocenters. The number of ether oxygens (including phenoxy) is 1. The number of hydrogen-bond acceptors (Lipinski definition) is 6. The smallest absolute Gasteiger partial charge is 0.311 e. The number of anilines is 2. The average Bonchev–Trinajstić information content (AvgIpc) is 3.13. The van der Waals surface area contributed by atoms with Crippen molar-refractivity contribution in [2.24, 2.45) is 5.92 Å². The van der Waals surface area contributed by atoms with Crippen LogP contribution in [0.3, 0.4) is 0 Å². The zero-order valence-electron chi connectivity index (χ0n) is 18.2. The molecule has 1 fully saturated rings. The minimum absolute atomic E-state index is 0.0402. The highest BCUT2D eigenvalue weighted by Crippen LogP contribution is 2.18. The zero-order chi connectivity index (χ0) is 24.0. The lowest BCUT2D eigenvalue weighted by atomic mass is 10.1. The molecule has 0 saturated carbocycles. The number of amides is 4. The SMILES string of the molecule is CC(=O)Nc1ccc(NC(=O)COC(=O)[C@H]2CC(=O)N(NC(=O)c3cccc(C)c3)C2)cc1. The van der Waals surface area contributed by atoms with Gasteiger partial charge in [-0.15, -0.1) is 0 Å². The van der Waals surface area contributed by atoms with Crippen molar-refractivity contribution >= 4 is 41.0 Å². The fraction of sp³-hybridized carbons (Fsp3) is 0.261. The van der Waals surface area contributed by atoms with Gasteiger partial charge >= 0.3 is 5.97 Å². The van der Waals surface area contributed by atoms with E-state index in [4.69, 9.17) is 4.74 Å². The highest BCUT2D eigenvalue weighted by atomic mass is 16.5. The molecule has 0 aliphatic carbocycles. The summed E-state index contributed by atoms with van der Waals surface area (Å²) in [5.41, 5.74) is 4.85. The van der Waals surface area contributed by atoms with Crippen molar-refractivity contribution in [3.8, 4) is 0 Å². The second kappa shape index (κ2) is 10.4. The molecule has 10 heteroatoms. The van der Waals surface area contributed by atoms with Crippen LogP contribution in [0.1, 0.15) is 29.3 Å². The lowest BCUT2D eigenvalue weighted by molar-refractivity contribution is -0.151. The third-order valence-electron chi connectivity index (χ3n) is 4.81. The molecule has 1 saturated heterocycles. The Labute approximate surface area is 190 Å². The van der Waals surface area contributed by atoms with E-state index in [0.717, 1.165) is 10.6 Å². The Balaban J connectivity index is 1.45. The van der Waals surface area contributed by atoms with E-state index in [1.165, 1.54) is 6.92 Å². The number of nitrogens with zero attached hydrogens (tertiary/aromatic N) is 1. The third-order valence-corrected chi connectivity index (χ3v) is 4.81. The van der Waals surface area contributed by atoms with E-state index in [2.05, 4.69) is 16.1 Å². The molecule has 4 amide bonds. The molecule has 33 heavy (non-hydrogen) atoms. The number of esters is 1. The van der Waals surface area contributed by atoms with Gasteiger partial charge in [0, 0.05) is 30.3 Å². The van der Waals surface area contributed by atoms with Crippen LogP contribution in [0.25, 0.3) is 0 Å². The quantitative estimate of drug-likeness (QED) is 0.547. The van der Waals surface area contributed by atoms with Crippen LogP contribution in [-0.4, -0.2) is 47.8 Å². The first-order valence-electron chi connectivity index (χ1n) is 10.2. The molecule has 1 aliphatic heterocycles. The van der Waals surface area contributed by atoms with Crippen LogP contribution in [-0.2, 0) is 23.9 Å². The summed E-state index contributed by atoms with van der Waals surface area (Å²) in [4.78, 5) is 59.9. The fourth-order valence-corrected chi connectivity index (χ4v) is 3.24. The van der Waals surface area contributed by atoms with Crippen molar-refractivity contribution in [1.82, 2.24) is 10.4 Å². The van der Waals surface area contributed by atoms with Gasteiger partial charge in [-0.05, 0) is 43.3 Å². The minimum atomic E-state index is -0.792. The van der Waals surface area contributed by atoms with E-state index >= 15 is 0 Å². The molecular weight excluding hydrogens is 428 g/mol. The number of benzene rings is 2. The molecule has 0 radical (unpaired) electrons. The van der Waals surface area contributed by atoms with Gasteiger partial charge in [-0.25, -0.2) is 0 Å². The Morgan fingerprint density at radius 3 is 2.33 bits per heavy atom. The predicted octanol–water partition coefficient (Wildman–Crippen LogP) is 1.63. The van der Waals surface area contributed by atoms with Crippen molar-refractivity contribution in [3.63, 3.8) is 0 Å². The Morgan fingerprint density at radius 1 is 1.03 bits per heavy atom. The van der Waals surface area contributed by atoms with E-state index in [1.807, 2.05) is 13.0 Å². The molecule has 2 aromatic rings. The van der Waals surface area contributed by atoms with Gasteiger partial charge in [0.25, 0.3) is 11.8 Å². The van der Waals surface area contributed by atoms with Crippen LogP contribution in [0, 0.1) is 12.8 Å². The largest absolute Gasteiger partial charge is 0.455 e. The second-order valence-electron chi connectivity index (χ2n) is 7.63. The van der Waals surface area contributed by atoms with E-state index in [1.54, 1.807) is 42.5 Å². The highest BCUT2D eigenvalue weighted by Gasteiger charge is 2.36. The van der Waals surface area contributed by atoms with Gasteiger partial charge in [-0.3, -0.25) is 34.4 Å². The maximum atomic E-state index is 12.3. The summed E-state index contributed by atoms with van der Waals surface area (Å²) in [5, 5.41) is 6.27. The van der Waals surface area contributed by atoms with Crippen molar-refractivity contribution in [2.75, 3.05) is 23.8 Å². The topological polar surface area (TPSA) is 134 Å². The number of hydrogen-bond donors (Lipinski definition) is 3. The Kier molecular flexibility index (Phi) is 7.39. The van der Waals surface area contributed by atoms with E-state index in [0.29, 0.717) is 16.9 Å². The number of carbonyl (C=O) groups is 5. The van der Waals surface area contributed by atoms with Gasteiger partial charge in [-0.2, -0.15) is 0 Å². The minimum Gasteiger partial charge on any atom is -0.455 e. The summed E-state index contributed by atoms with van der Waals surface area (Å²) in [6.07, 6.45) is -0.126. The number of rotatable bonds is 7. The van der Waals surface area contributed by atoms with Crippen molar-refractivity contribution in [1.29, 1.82) is 0 Å². The maximum Gasteiger partial charge on any atom is 0.311 e. The number of nitrogens with one attached hydrogen (secondary N) is 3.